The van der Waals surface area contributed by atoms with Gasteiger partial charge in [-0.25, -0.2) is 4.79 Å². The number of carboxylic acid groups (broad SMARTS) is 1. The zero-order valence-electron chi connectivity index (χ0n) is 12.0. The Bertz CT molecular complexity index is 534. The van der Waals surface area contributed by atoms with Crippen molar-refractivity contribution in [1.82, 2.24) is 5.32 Å². The van der Waals surface area contributed by atoms with Gasteiger partial charge in [0.1, 0.15) is 6.04 Å². The fraction of sp³-hybridized carbons (Fsp3) is 0.529. The second kappa shape index (κ2) is 5.51. The van der Waals surface area contributed by atoms with Crippen LogP contribution in [0.5, 0.6) is 0 Å². The molecule has 1 aromatic carbocycles. The van der Waals surface area contributed by atoms with E-state index in [2.05, 4.69) is 5.32 Å². The molecular weight excluding hydrogens is 266 g/mol. The number of carbonyl (C=O) groups excluding carboxylic acids is 1. The fourth-order valence-electron chi connectivity index (χ4n) is 3.67. The molecule has 1 amide bonds. The molecule has 21 heavy (non-hydrogen) atoms. The van der Waals surface area contributed by atoms with Crippen molar-refractivity contribution in [2.24, 2.45) is 11.3 Å². The number of carbonyl (C=O) groups is 2. The van der Waals surface area contributed by atoms with Crippen LogP contribution < -0.4 is 5.32 Å². The normalized spacial score (nSPS) is 23.7. The molecule has 4 nitrogen and oxygen atoms in total. The summed E-state index contributed by atoms with van der Waals surface area (Å²) < 4.78 is 0. The van der Waals surface area contributed by atoms with Gasteiger partial charge in [-0.3, -0.25) is 4.79 Å². The van der Waals surface area contributed by atoms with Gasteiger partial charge in [-0.05, 0) is 30.2 Å². The van der Waals surface area contributed by atoms with Crippen LogP contribution in [0.4, 0.5) is 0 Å². The third kappa shape index (κ3) is 2.94. The van der Waals surface area contributed by atoms with Crippen molar-refractivity contribution < 1.29 is 14.7 Å². The Balaban J connectivity index is 1.61. The molecule has 1 unspecified atom stereocenters. The molecule has 2 fully saturated rings. The molecule has 4 heteroatoms. The van der Waals surface area contributed by atoms with Crippen LogP contribution >= 0.6 is 0 Å². The highest BCUT2D eigenvalue weighted by atomic mass is 16.4. The highest BCUT2D eigenvalue weighted by Gasteiger charge is 2.58. The highest BCUT2D eigenvalue weighted by molar-refractivity contribution is 5.87. The molecule has 0 bridgehead atoms. The Hall–Kier alpha value is -1.84. The van der Waals surface area contributed by atoms with Gasteiger partial charge in [0.25, 0.3) is 0 Å². The van der Waals surface area contributed by atoms with E-state index in [0.717, 1.165) is 24.8 Å². The van der Waals surface area contributed by atoms with Crippen LogP contribution in [0.15, 0.2) is 30.3 Å². The zero-order chi connectivity index (χ0) is 14.9. The van der Waals surface area contributed by atoms with E-state index in [0.29, 0.717) is 6.42 Å². The second-order valence-electron chi connectivity index (χ2n) is 6.42. The van der Waals surface area contributed by atoms with Crippen LogP contribution in [-0.2, 0) is 16.0 Å². The van der Waals surface area contributed by atoms with Gasteiger partial charge in [-0.1, -0.05) is 43.2 Å². The average Bonchev–Trinajstić information content (AvgIpc) is 2.97. The number of hydrogen-bond acceptors (Lipinski definition) is 2. The van der Waals surface area contributed by atoms with Gasteiger partial charge in [0.2, 0.25) is 5.91 Å². The predicted octanol–water partition coefficient (Wildman–Crippen LogP) is 2.38. The van der Waals surface area contributed by atoms with E-state index in [1.807, 2.05) is 30.3 Å². The number of rotatable bonds is 5. The van der Waals surface area contributed by atoms with E-state index in [1.54, 1.807) is 0 Å². The lowest BCUT2D eigenvalue weighted by molar-refractivity contribution is -0.142. The first-order valence-corrected chi connectivity index (χ1v) is 7.68. The first-order valence-electron chi connectivity index (χ1n) is 7.68. The lowest BCUT2D eigenvalue weighted by Gasteiger charge is -2.16. The minimum Gasteiger partial charge on any atom is -0.480 e. The van der Waals surface area contributed by atoms with Crippen molar-refractivity contribution in [2.45, 2.75) is 44.6 Å². The molecule has 0 heterocycles. The van der Waals surface area contributed by atoms with Crippen LogP contribution in [0.3, 0.4) is 0 Å². The van der Waals surface area contributed by atoms with E-state index < -0.39 is 12.0 Å². The Kier molecular flexibility index (Phi) is 3.70. The summed E-state index contributed by atoms with van der Waals surface area (Å²) >= 11 is 0. The largest absolute Gasteiger partial charge is 0.480 e. The Morgan fingerprint density at radius 1 is 1.24 bits per heavy atom. The SMILES string of the molecule is O=C(N[C@@H](Cc1ccccc1)C(=O)O)C1CC12CCCC2. The summed E-state index contributed by atoms with van der Waals surface area (Å²) in [7, 11) is 0. The van der Waals surface area contributed by atoms with E-state index >= 15 is 0 Å². The van der Waals surface area contributed by atoms with Crippen molar-refractivity contribution in [3.8, 4) is 0 Å². The van der Waals surface area contributed by atoms with E-state index in [1.165, 1.54) is 12.8 Å². The lowest BCUT2D eigenvalue weighted by Crippen LogP contribution is -2.43. The summed E-state index contributed by atoms with van der Waals surface area (Å²) in [6, 6.07) is 8.59. The molecule has 0 aromatic heterocycles. The third-order valence-electron chi connectivity index (χ3n) is 5.00. The first kappa shape index (κ1) is 14.1. The molecular formula is C17H21NO3. The topological polar surface area (TPSA) is 66.4 Å². The summed E-state index contributed by atoms with van der Waals surface area (Å²) in [6.07, 6.45) is 5.94. The number of aliphatic carboxylic acids is 1. The molecule has 1 aromatic rings. The molecule has 3 rings (SSSR count). The number of amides is 1. The summed E-state index contributed by atoms with van der Waals surface area (Å²) in [5.41, 5.74) is 1.14. The minimum atomic E-state index is -0.965. The molecule has 0 radical (unpaired) electrons. The van der Waals surface area contributed by atoms with Crippen molar-refractivity contribution in [1.29, 1.82) is 0 Å². The summed E-state index contributed by atoms with van der Waals surface area (Å²) in [5, 5.41) is 12.1. The maximum atomic E-state index is 12.3. The minimum absolute atomic E-state index is 0.0395. The van der Waals surface area contributed by atoms with Crippen LogP contribution in [-0.4, -0.2) is 23.0 Å². The predicted molar refractivity (Wildman–Crippen MR) is 78.7 cm³/mol. The monoisotopic (exact) mass is 287 g/mol. The van der Waals surface area contributed by atoms with E-state index in [9.17, 15) is 14.7 Å². The Morgan fingerprint density at radius 3 is 2.52 bits per heavy atom. The molecule has 0 saturated heterocycles. The number of carboxylic acids is 1. The van der Waals surface area contributed by atoms with Crippen molar-refractivity contribution in [3.63, 3.8) is 0 Å². The molecule has 2 aliphatic rings. The van der Waals surface area contributed by atoms with Gasteiger partial charge >= 0.3 is 5.97 Å². The van der Waals surface area contributed by atoms with Gasteiger partial charge in [0.15, 0.2) is 0 Å². The zero-order valence-corrected chi connectivity index (χ0v) is 12.0. The standard InChI is InChI=1S/C17H21NO3/c19-15(13-11-17(13)8-4-5-9-17)18-14(16(20)21)10-12-6-2-1-3-7-12/h1-3,6-7,13-14H,4-5,8-11H2,(H,18,19)(H,20,21)/t13?,14-/m0/s1. The summed E-state index contributed by atoms with van der Waals surface area (Å²) in [6.45, 7) is 0. The lowest BCUT2D eigenvalue weighted by atomic mass is 10.0. The summed E-state index contributed by atoms with van der Waals surface area (Å²) in [5.74, 6) is -0.994. The maximum absolute atomic E-state index is 12.3. The fourth-order valence-corrected chi connectivity index (χ4v) is 3.67. The van der Waals surface area contributed by atoms with E-state index in [-0.39, 0.29) is 17.2 Å². The van der Waals surface area contributed by atoms with Crippen LogP contribution in [0.1, 0.15) is 37.7 Å². The molecule has 2 atom stereocenters. The summed E-state index contributed by atoms with van der Waals surface area (Å²) in [4.78, 5) is 23.7. The Labute approximate surface area is 124 Å². The molecule has 0 aliphatic heterocycles. The van der Waals surface area contributed by atoms with Gasteiger partial charge in [-0.2, -0.15) is 0 Å². The molecule has 1 spiro atoms. The van der Waals surface area contributed by atoms with E-state index in [4.69, 9.17) is 0 Å². The van der Waals surface area contributed by atoms with Gasteiger partial charge in [0, 0.05) is 12.3 Å². The number of hydrogen-bond donors (Lipinski definition) is 2. The maximum Gasteiger partial charge on any atom is 0.326 e. The van der Waals surface area contributed by atoms with Crippen LogP contribution in [0.25, 0.3) is 0 Å². The number of benzene rings is 1. The molecule has 2 saturated carbocycles. The first-order chi connectivity index (χ1) is 10.1. The smallest absolute Gasteiger partial charge is 0.326 e. The van der Waals surface area contributed by atoms with Gasteiger partial charge in [-0.15, -0.1) is 0 Å². The van der Waals surface area contributed by atoms with Gasteiger partial charge < -0.3 is 10.4 Å². The van der Waals surface area contributed by atoms with Gasteiger partial charge in [0.05, 0.1) is 0 Å². The molecule has 2 aliphatic carbocycles. The third-order valence-corrected chi connectivity index (χ3v) is 5.00. The van der Waals surface area contributed by atoms with Crippen LogP contribution in [0, 0.1) is 11.3 Å². The average molecular weight is 287 g/mol. The van der Waals surface area contributed by atoms with Crippen molar-refractivity contribution in [3.05, 3.63) is 35.9 Å². The van der Waals surface area contributed by atoms with Crippen LogP contribution in [0.2, 0.25) is 0 Å². The van der Waals surface area contributed by atoms with Crippen molar-refractivity contribution in [2.75, 3.05) is 0 Å². The van der Waals surface area contributed by atoms with Crippen molar-refractivity contribution >= 4 is 11.9 Å². The number of nitrogens with one attached hydrogen (secondary N) is 1. The Morgan fingerprint density at radius 2 is 1.90 bits per heavy atom. The molecule has 112 valence electrons. The highest BCUT2D eigenvalue weighted by Crippen LogP contribution is 2.62. The second-order valence-corrected chi connectivity index (χ2v) is 6.42. The molecule has 2 N–H and O–H groups in total. The quantitative estimate of drug-likeness (QED) is 0.873.